The summed E-state index contributed by atoms with van der Waals surface area (Å²) in [4.78, 5) is 17.3. The number of carbonyl (C=O) groups excluding carboxylic acids is 1. The first-order valence-electron chi connectivity index (χ1n) is 6.73. The van der Waals surface area contributed by atoms with E-state index in [1.807, 2.05) is 0 Å². The topological polar surface area (TPSA) is 38.7 Å². The maximum Gasteiger partial charge on any atom is 0.416 e. The van der Waals surface area contributed by atoms with Crippen LogP contribution in [0.5, 0.6) is 0 Å². The van der Waals surface area contributed by atoms with Crippen molar-refractivity contribution >= 4 is 11.5 Å². The largest absolute Gasteiger partial charge is 0.416 e. The molecule has 0 saturated heterocycles. The van der Waals surface area contributed by atoms with Gasteiger partial charge < -0.3 is 4.84 Å². The molecule has 23 heavy (non-hydrogen) atoms. The molecular formula is C17H14F3NO2. The summed E-state index contributed by atoms with van der Waals surface area (Å²) in [7, 11) is 1.38. The van der Waals surface area contributed by atoms with Crippen LogP contribution < -0.4 is 0 Å². The highest BCUT2D eigenvalue weighted by Gasteiger charge is 2.31. The number of nitrogens with zero attached hydrogens (tertiary/aromatic N) is 1. The smallest absolute Gasteiger partial charge is 0.399 e. The van der Waals surface area contributed by atoms with Gasteiger partial charge in [-0.1, -0.05) is 41.6 Å². The van der Waals surface area contributed by atoms with E-state index in [0.29, 0.717) is 11.3 Å². The quantitative estimate of drug-likeness (QED) is 0.478. The van der Waals surface area contributed by atoms with Gasteiger partial charge in [-0.2, -0.15) is 13.2 Å². The first-order valence-corrected chi connectivity index (χ1v) is 6.73. The third kappa shape index (κ3) is 3.77. The van der Waals surface area contributed by atoms with Crippen molar-refractivity contribution in [3.63, 3.8) is 0 Å². The van der Waals surface area contributed by atoms with Crippen molar-refractivity contribution in [3.05, 3.63) is 70.8 Å². The number of rotatable bonds is 4. The Bertz CT molecular complexity index is 751. The van der Waals surface area contributed by atoms with Crippen LogP contribution in [0.1, 0.15) is 34.0 Å². The van der Waals surface area contributed by atoms with Crippen LogP contribution in [0.2, 0.25) is 0 Å². The molecule has 0 amide bonds. The summed E-state index contributed by atoms with van der Waals surface area (Å²) in [6, 6.07) is 10.9. The van der Waals surface area contributed by atoms with Crippen molar-refractivity contribution in [2.45, 2.75) is 13.1 Å². The zero-order chi connectivity index (χ0) is 17.0. The Balaban J connectivity index is 2.48. The van der Waals surface area contributed by atoms with Crippen LogP contribution in [0.4, 0.5) is 13.2 Å². The van der Waals surface area contributed by atoms with Crippen molar-refractivity contribution in [1.82, 2.24) is 0 Å². The number of carbonyl (C=O) groups is 1. The molecule has 120 valence electrons. The second kappa shape index (κ2) is 6.64. The Morgan fingerprint density at radius 1 is 1.04 bits per heavy atom. The Morgan fingerprint density at radius 3 is 2.30 bits per heavy atom. The average molecular weight is 321 g/mol. The first-order chi connectivity index (χ1) is 10.8. The van der Waals surface area contributed by atoms with E-state index in [9.17, 15) is 18.0 Å². The summed E-state index contributed by atoms with van der Waals surface area (Å²) in [5, 5.41) is 3.77. The van der Waals surface area contributed by atoms with Crippen LogP contribution in [0.3, 0.4) is 0 Å². The SMILES string of the molecule is CO/N=C(\C)c1ccccc1C(=O)c1cccc(C(F)(F)F)c1. The Labute approximate surface area is 131 Å². The minimum Gasteiger partial charge on any atom is -0.399 e. The second-order valence-electron chi connectivity index (χ2n) is 4.81. The fourth-order valence-electron chi connectivity index (χ4n) is 2.17. The highest BCUT2D eigenvalue weighted by Crippen LogP contribution is 2.30. The predicted molar refractivity (Wildman–Crippen MR) is 80.5 cm³/mol. The molecule has 2 rings (SSSR count). The van der Waals surface area contributed by atoms with Crippen molar-refractivity contribution in [2.24, 2.45) is 5.16 Å². The molecule has 2 aromatic carbocycles. The van der Waals surface area contributed by atoms with Crippen molar-refractivity contribution < 1.29 is 22.8 Å². The van der Waals surface area contributed by atoms with E-state index in [1.54, 1.807) is 31.2 Å². The summed E-state index contributed by atoms with van der Waals surface area (Å²) >= 11 is 0. The molecule has 0 radical (unpaired) electrons. The first kappa shape index (κ1) is 16.7. The van der Waals surface area contributed by atoms with E-state index in [1.165, 1.54) is 19.2 Å². The second-order valence-corrected chi connectivity index (χ2v) is 4.81. The van der Waals surface area contributed by atoms with Crippen LogP contribution in [0, 0.1) is 0 Å². The standard InChI is InChI=1S/C17H14F3NO2/c1-11(21-23-2)14-8-3-4-9-15(14)16(22)12-6-5-7-13(10-12)17(18,19)20/h3-10H,1-2H3/b21-11+. The summed E-state index contributed by atoms with van der Waals surface area (Å²) in [5.74, 6) is -0.502. The zero-order valence-corrected chi connectivity index (χ0v) is 12.5. The summed E-state index contributed by atoms with van der Waals surface area (Å²) in [6.45, 7) is 1.65. The minimum atomic E-state index is -4.50. The molecule has 0 bridgehead atoms. The van der Waals surface area contributed by atoms with Crippen molar-refractivity contribution in [3.8, 4) is 0 Å². The number of hydrogen-bond acceptors (Lipinski definition) is 3. The van der Waals surface area contributed by atoms with Crippen molar-refractivity contribution in [1.29, 1.82) is 0 Å². The molecule has 0 aliphatic heterocycles. The van der Waals surface area contributed by atoms with Gasteiger partial charge in [0.2, 0.25) is 0 Å². The molecule has 0 spiro atoms. The normalized spacial score (nSPS) is 12.1. The van der Waals surface area contributed by atoms with Gasteiger partial charge in [0.25, 0.3) is 0 Å². The molecule has 0 aliphatic carbocycles. The molecule has 0 aromatic heterocycles. The maximum absolute atomic E-state index is 12.8. The van der Waals surface area contributed by atoms with Gasteiger partial charge >= 0.3 is 6.18 Å². The van der Waals surface area contributed by atoms with Crippen LogP contribution in [-0.2, 0) is 11.0 Å². The Morgan fingerprint density at radius 2 is 1.70 bits per heavy atom. The highest BCUT2D eigenvalue weighted by molar-refractivity contribution is 6.16. The summed E-state index contributed by atoms with van der Waals surface area (Å²) in [6.07, 6.45) is -4.50. The third-order valence-electron chi connectivity index (χ3n) is 3.24. The monoisotopic (exact) mass is 321 g/mol. The van der Waals surface area contributed by atoms with Crippen LogP contribution in [0.25, 0.3) is 0 Å². The number of alkyl halides is 3. The fraction of sp³-hybridized carbons (Fsp3) is 0.176. The molecule has 0 saturated carbocycles. The summed E-state index contributed by atoms with van der Waals surface area (Å²) in [5.41, 5.74) is 0.353. The maximum atomic E-state index is 12.8. The van der Waals surface area contributed by atoms with E-state index in [-0.39, 0.29) is 11.1 Å². The highest BCUT2D eigenvalue weighted by atomic mass is 19.4. The van der Waals surface area contributed by atoms with Gasteiger partial charge in [-0.15, -0.1) is 0 Å². The molecule has 0 N–H and O–H groups in total. The van der Waals surface area contributed by atoms with Gasteiger partial charge in [0.1, 0.15) is 7.11 Å². The lowest BCUT2D eigenvalue weighted by Crippen LogP contribution is -2.11. The molecule has 0 fully saturated rings. The Hall–Kier alpha value is -2.63. The van der Waals surface area contributed by atoms with Crippen LogP contribution >= 0.6 is 0 Å². The van der Waals surface area contributed by atoms with E-state index in [0.717, 1.165) is 12.1 Å². The van der Waals surface area contributed by atoms with Gasteiger partial charge in [0.05, 0.1) is 11.3 Å². The number of hydrogen-bond donors (Lipinski definition) is 0. The predicted octanol–water partition coefficient (Wildman–Crippen LogP) is 4.31. The van der Waals surface area contributed by atoms with E-state index < -0.39 is 17.5 Å². The number of ketones is 1. The van der Waals surface area contributed by atoms with E-state index in [4.69, 9.17) is 4.84 Å². The van der Waals surface area contributed by atoms with Gasteiger partial charge in [0, 0.05) is 16.7 Å². The molecular weight excluding hydrogens is 307 g/mol. The molecule has 3 nitrogen and oxygen atoms in total. The average Bonchev–Trinajstić information content (AvgIpc) is 2.54. The number of benzene rings is 2. The lowest BCUT2D eigenvalue weighted by Gasteiger charge is -2.10. The van der Waals surface area contributed by atoms with Crippen LogP contribution in [-0.4, -0.2) is 18.6 Å². The van der Waals surface area contributed by atoms with Gasteiger partial charge in [-0.3, -0.25) is 4.79 Å². The van der Waals surface area contributed by atoms with Gasteiger partial charge in [-0.25, -0.2) is 0 Å². The molecule has 6 heteroatoms. The fourth-order valence-corrected chi connectivity index (χ4v) is 2.17. The van der Waals surface area contributed by atoms with Crippen molar-refractivity contribution in [2.75, 3.05) is 7.11 Å². The number of halogens is 3. The third-order valence-corrected chi connectivity index (χ3v) is 3.24. The minimum absolute atomic E-state index is 0.0301. The molecule has 0 heterocycles. The van der Waals surface area contributed by atoms with E-state index in [2.05, 4.69) is 5.16 Å². The zero-order valence-electron chi connectivity index (χ0n) is 12.5. The Kier molecular flexibility index (Phi) is 4.83. The molecule has 0 atom stereocenters. The summed E-state index contributed by atoms with van der Waals surface area (Å²) < 4.78 is 38.4. The molecule has 2 aromatic rings. The lowest BCUT2D eigenvalue weighted by atomic mass is 9.95. The van der Waals surface area contributed by atoms with Gasteiger partial charge in [-0.05, 0) is 19.1 Å². The molecule has 0 aliphatic rings. The van der Waals surface area contributed by atoms with E-state index >= 15 is 0 Å². The number of oxime groups is 1. The van der Waals surface area contributed by atoms with Gasteiger partial charge in [0.15, 0.2) is 5.78 Å². The molecule has 0 unspecified atom stereocenters. The lowest BCUT2D eigenvalue weighted by molar-refractivity contribution is -0.137. The van der Waals surface area contributed by atoms with Crippen LogP contribution in [0.15, 0.2) is 53.7 Å².